The van der Waals surface area contributed by atoms with Crippen molar-refractivity contribution in [1.82, 2.24) is 4.98 Å². The summed E-state index contributed by atoms with van der Waals surface area (Å²) in [6, 6.07) is 10.1. The lowest BCUT2D eigenvalue weighted by atomic mass is 10.1. The Hall–Kier alpha value is -1.59. The molecule has 0 aliphatic heterocycles. The van der Waals surface area contributed by atoms with Crippen LogP contribution in [0.2, 0.25) is 0 Å². The zero-order valence-corrected chi connectivity index (χ0v) is 13.8. The van der Waals surface area contributed by atoms with Gasteiger partial charge in [0.25, 0.3) is 0 Å². The molecule has 0 atom stereocenters. The number of anilines is 1. The van der Waals surface area contributed by atoms with Crippen LogP contribution >= 0.6 is 15.9 Å². The summed E-state index contributed by atoms with van der Waals surface area (Å²) in [6.07, 6.45) is 1.77. The maximum atomic E-state index is 5.42. The monoisotopic (exact) mass is 350 g/mol. The van der Waals surface area contributed by atoms with Gasteiger partial charge < -0.3 is 14.8 Å². The lowest BCUT2D eigenvalue weighted by molar-refractivity contribution is 0.144. The number of hydrogen-bond acceptors (Lipinski definition) is 4. The van der Waals surface area contributed by atoms with Crippen molar-refractivity contribution in [3.05, 3.63) is 52.1 Å². The zero-order chi connectivity index (χ0) is 15.1. The Balaban J connectivity index is 1.86. The highest BCUT2D eigenvalue weighted by molar-refractivity contribution is 9.10. The summed E-state index contributed by atoms with van der Waals surface area (Å²) in [5.74, 6) is 0.607. The van der Waals surface area contributed by atoms with E-state index in [1.54, 1.807) is 13.3 Å². The van der Waals surface area contributed by atoms with Crippen molar-refractivity contribution in [1.29, 1.82) is 0 Å². The van der Waals surface area contributed by atoms with Gasteiger partial charge in [0.2, 0.25) is 5.88 Å². The fourth-order valence-corrected chi connectivity index (χ4v) is 2.18. The third-order valence-corrected chi connectivity index (χ3v) is 3.86. The van der Waals surface area contributed by atoms with Crippen LogP contribution < -0.4 is 10.1 Å². The Morgan fingerprint density at radius 2 is 2.05 bits per heavy atom. The van der Waals surface area contributed by atoms with Gasteiger partial charge in [0.1, 0.15) is 6.61 Å². The van der Waals surface area contributed by atoms with Gasteiger partial charge in [-0.25, -0.2) is 4.98 Å². The largest absolute Gasteiger partial charge is 0.475 e. The predicted molar refractivity (Wildman–Crippen MR) is 87.8 cm³/mol. The van der Waals surface area contributed by atoms with Gasteiger partial charge in [-0.3, -0.25) is 0 Å². The molecule has 0 aliphatic carbocycles. The molecule has 5 heteroatoms. The molecule has 1 N–H and O–H groups in total. The maximum Gasteiger partial charge on any atom is 0.213 e. The molecule has 0 fully saturated rings. The first kappa shape index (κ1) is 15.8. The summed E-state index contributed by atoms with van der Waals surface area (Å²) in [5.41, 5.74) is 3.41. The number of nitrogens with one attached hydrogen (secondary N) is 1. The molecule has 0 radical (unpaired) electrons. The second-order valence-electron chi connectivity index (χ2n) is 4.66. The van der Waals surface area contributed by atoms with E-state index in [-0.39, 0.29) is 0 Å². The number of nitrogens with zero attached hydrogens (tertiary/aromatic N) is 1. The molecule has 1 aromatic heterocycles. The van der Waals surface area contributed by atoms with Crippen LogP contribution in [0.15, 0.2) is 41.0 Å². The minimum Gasteiger partial charge on any atom is -0.475 e. The van der Waals surface area contributed by atoms with Crippen LogP contribution in [0, 0.1) is 6.92 Å². The molecule has 2 aromatic rings. The van der Waals surface area contributed by atoms with Crippen LogP contribution in [0.3, 0.4) is 0 Å². The third kappa shape index (κ3) is 5.02. The van der Waals surface area contributed by atoms with E-state index in [2.05, 4.69) is 51.4 Å². The van der Waals surface area contributed by atoms with Crippen LogP contribution in [0.25, 0.3) is 0 Å². The molecule has 112 valence electrons. The molecule has 0 spiro atoms. The average Bonchev–Trinajstić information content (AvgIpc) is 2.50. The molecule has 2 rings (SSSR count). The Morgan fingerprint density at radius 3 is 2.71 bits per heavy atom. The van der Waals surface area contributed by atoms with Crippen molar-refractivity contribution in [3.63, 3.8) is 0 Å². The molecule has 0 saturated carbocycles. The fourth-order valence-electron chi connectivity index (χ4n) is 1.75. The minimum absolute atomic E-state index is 0.508. The van der Waals surface area contributed by atoms with E-state index in [9.17, 15) is 0 Å². The second-order valence-corrected chi connectivity index (χ2v) is 5.52. The van der Waals surface area contributed by atoms with E-state index in [0.29, 0.717) is 19.1 Å². The van der Waals surface area contributed by atoms with E-state index < -0.39 is 0 Å². The number of methoxy groups -OCH3 is 1. The van der Waals surface area contributed by atoms with Crippen LogP contribution in [0.1, 0.15) is 11.1 Å². The van der Waals surface area contributed by atoms with E-state index in [4.69, 9.17) is 9.47 Å². The van der Waals surface area contributed by atoms with Gasteiger partial charge in [-0.15, -0.1) is 0 Å². The Kier molecular flexibility index (Phi) is 6.02. The lowest BCUT2D eigenvalue weighted by Gasteiger charge is -2.09. The summed E-state index contributed by atoms with van der Waals surface area (Å²) < 4.78 is 11.5. The molecule has 21 heavy (non-hydrogen) atoms. The SMILES string of the molecule is COCCOc1ccc(NCc2ccc(C)c(Br)c2)cn1. The van der Waals surface area contributed by atoms with Gasteiger partial charge >= 0.3 is 0 Å². The average molecular weight is 351 g/mol. The van der Waals surface area contributed by atoms with Gasteiger partial charge in [-0.05, 0) is 30.2 Å². The molecule has 4 nitrogen and oxygen atoms in total. The fraction of sp³-hybridized carbons (Fsp3) is 0.312. The Morgan fingerprint density at radius 1 is 1.19 bits per heavy atom. The topological polar surface area (TPSA) is 43.4 Å². The molecule has 0 aliphatic rings. The smallest absolute Gasteiger partial charge is 0.213 e. The van der Waals surface area contributed by atoms with Crippen LogP contribution in [0.4, 0.5) is 5.69 Å². The van der Waals surface area contributed by atoms with E-state index in [1.165, 1.54) is 11.1 Å². The standard InChI is InChI=1S/C16H19BrN2O2/c1-12-3-4-13(9-15(12)17)10-18-14-5-6-16(19-11-14)21-8-7-20-2/h3-6,9,11,18H,7-8,10H2,1-2H3. The number of rotatable bonds is 7. The quantitative estimate of drug-likeness (QED) is 0.771. The number of hydrogen-bond donors (Lipinski definition) is 1. The molecule has 0 saturated heterocycles. The molecule has 0 amide bonds. The third-order valence-electron chi connectivity index (χ3n) is 3.01. The Bertz CT molecular complexity index is 573. The predicted octanol–water partition coefficient (Wildman–Crippen LogP) is 3.79. The number of pyridine rings is 1. The van der Waals surface area contributed by atoms with Gasteiger partial charge in [0.05, 0.1) is 18.5 Å². The van der Waals surface area contributed by atoms with Crippen molar-refractivity contribution in [2.24, 2.45) is 0 Å². The van der Waals surface area contributed by atoms with E-state index in [1.807, 2.05) is 12.1 Å². The van der Waals surface area contributed by atoms with Gasteiger partial charge in [-0.1, -0.05) is 28.1 Å². The van der Waals surface area contributed by atoms with E-state index >= 15 is 0 Å². The first-order chi connectivity index (χ1) is 10.2. The molecule has 0 bridgehead atoms. The molecular formula is C16H19BrN2O2. The number of halogens is 1. The lowest BCUT2D eigenvalue weighted by Crippen LogP contribution is -2.05. The number of benzene rings is 1. The minimum atomic E-state index is 0.508. The number of aromatic nitrogens is 1. The first-order valence-electron chi connectivity index (χ1n) is 6.76. The van der Waals surface area contributed by atoms with Gasteiger partial charge in [0.15, 0.2) is 0 Å². The normalized spacial score (nSPS) is 10.4. The number of aryl methyl sites for hydroxylation is 1. The summed E-state index contributed by atoms with van der Waals surface area (Å²) in [6.45, 7) is 3.90. The first-order valence-corrected chi connectivity index (χ1v) is 7.55. The van der Waals surface area contributed by atoms with Crippen molar-refractivity contribution in [2.75, 3.05) is 25.6 Å². The maximum absolute atomic E-state index is 5.42. The van der Waals surface area contributed by atoms with Crippen LogP contribution in [0.5, 0.6) is 5.88 Å². The highest BCUT2D eigenvalue weighted by Crippen LogP contribution is 2.19. The van der Waals surface area contributed by atoms with Crippen LogP contribution in [-0.2, 0) is 11.3 Å². The highest BCUT2D eigenvalue weighted by Gasteiger charge is 2.00. The Labute approximate surface area is 133 Å². The molecule has 1 aromatic carbocycles. The van der Waals surface area contributed by atoms with Crippen molar-refractivity contribution in [2.45, 2.75) is 13.5 Å². The van der Waals surface area contributed by atoms with Gasteiger partial charge in [-0.2, -0.15) is 0 Å². The summed E-state index contributed by atoms with van der Waals surface area (Å²) in [4.78, 5) is 4.24. The van der Waals surface area contributed by atoms with Crippen molar-refractivity contribution < 1.29 is 9.47 Å². The molecule has 1 heterocycles. The van der Waals surface area contributed by atoms with Gasteiger partial charge in [0, 0.05) is 24.2 Å². The second kappa shape index (κ2) is 8.00. The molecular weight excluding hydrogens is 332 g/mol. The summed E-state index contributed by atoms with van der Waals surface area (Å²) in [7, 11) is 1.65. The molecule has 0 unspecified atom stereocenters. The number of ether oxygens (including phenoxy) is 2. The van der Waals surface area contributed by atoms with Crippen molar-refractivity contribution >= 4 is 21.6 Å². The highest BCUT2D eigenvalue weighted by atomic mass is 79.9. The zero-order valence-electron chi connectivity index (χ0n) is 12.2. The van der Waals surface area contributed by atoms with E-state index in [0.717, 1.165) is 16.7 Å². The summed E-state index contributed by atoms with van der Waals surface area (Å²) in [5, 5.41) is 3.34. The van der Waals surface area contributed by atoms with Crippen molar-refractivity contribution in [3.8, 4) is 5.88 Å². The van der Waals surface area contributed by atoms with Crippen LogP contribution in [-0.4, -0.2) is 25.3 Å². The summed E-state index contributed by atoms with van der Waals surface area (Å²) >= 11 is 3.54.